The Labute approximate surface area is 147 Å². The third-order valence-electron chi connectivity index (χ3n) is 3.67. The van der Waals surface area contributed by atoms with Crippen molar-refractivity contribution in [3.63, 3.8) is 0 Å². The molecule has 0 bridgehead atoms. The molecule has 0 saturated heterocycles. The highest BCUT2D eigenvalue weighted by Crippen LogP contribution is 2.20. The molecule has 0 fully saturated rings. The fourth-order valence-electron chi connectivity index (χ4n) is 2.39. The first kappa shape index (κ1) is 20.2. The minimum Gasteiger partial charge on any atom is -0.490 e. The molecule has 0 aromatic heterocycles. The minimum atomic E-state index is -0.0241. The molecule has 1 aromatic carbocycles. The van der Waals surface area contributed by atoms with E-state index in [0.717, 1.165) is 24.4 Å². The average Bonchev–Trinajstić information content (AvgIpc) is 2.57. The zero-order valence-corrected chi connectivity index (χ0v) is 15.3. The van der Waals surface area contributed by atoms with Gasteiger partial charge in [-0.3, -0.25) is 4.90 Å². The lowest BCUT2D eigenvalue weighted by atomic mass is 10.2. The van der Waals surface area contributed by atoms with Crippen molar-refractivity contribution in [3.8, 4) is 5.75 Å². The highest BCUT2D eigenvalue weighted by molar-refractivity contribution is 5.56. The first-order valence-electron chi connectivity index (χ1n) is 8.54. The van der Waals surface area contributed by atoms with Crippen LogP contribution in [0.25, 0.3) is 6.08 Å². The van der Waals surface area contributed by atoms with Gasteiger partial charge >= 0.3 is 0 Å². The molecule has 0 amide bonds. The summed E-state index contributed by atoms with van der Waals surface area (Å²) < 4.78 is 11.9. The van der Waals surface area contributed by atoms with E-state index in [2.05, 4.69) is 31.9 Å². The van der Waals surface area contributed by atoms with Crippen molar-refractivity contribution in [2.24, 2.45) is 0 Å². The van der Waals surface area contributed by atoms with Gasteiger partial charge in [0.15, 0.2) is 0 Å². The molecule has 0 aliphatic carbocycles. The van der Waals surface area contributed by atoms with Gasteiger partial charge in [-0.2, -0.15) is 0 Å². The van der Waals surface area contributed by atoms with Gasteiger partial charge in [-0.25, -0.2) is 0 Å². The summed E-state index contributed by atoms with van der Waals surface area (Å²) in [7, 11) is 0. The molecular formula is C21H31NO2. The molecule has 1 unspecified atom stereocenters. The van der Waals surface area contributed by atoms with E-state index in [4.69, 9.17) is 9.47 Å². The Balaban J connectivity index is 2.75. The van der Waals surface area contributed by atoms with Crippen molar-refractivity contribution in [1.29, 1.82) is 0 Å². The van der Waals surface area contributed by atoms with Gasteiger partial charge in [-0.1, -0.05) is 42.5 Å². The first-order valence-corrected chi connectivity index (χ1v) is 8.54. The van der Waals surface area contributed by atoms with E-state index < -0.39 is 0 Å². The van der Waals surface area contributed by atoms with E-state index in [1.807, 2.05) is 49.4 Å². The van der Waals surface area contributed by atoms with Crippen LogP contribution >= 0.6 is 0 Å². The van der Waals surface area contributed by atoms with Crippen LogP contribution in [0.15, 0.2) is 55.7 Å². The van der Waals surface area contributed by atoms with E-state index in [-0.39, 0.29) is 6.10 Å². The number of hydrogen-bond acceptors (Lipinski definition) is 3. The van der Waals surface area contributed by atoms with E-state index in [9.17, 15) is 0 Å². The Bertz CT molecular complexity index is 522. The van der Waals surface area contributed by atoms with Gasteiger partial charge in [-0.05, 0) is 26.8 Å². The minimum absolute atomic E-state index is 0.0241. The highest BCUT2D eigenvalue weighted by Gasteiger charge is 2.17. The van der Waals surface area contributed by atoms with Crippen molar-refractivity contribution < 1.29 is 9.47 Å². The number of ether oxygens (including phenoxy) is 2. The van der Waals surface area contributed by atoms with E-state index in [1.165, 1.54) is 0 Å². The zero-order chi connectivity index (χ0) is 17.8. The summed E-state index contributed by atoms with van der Waals surface area (Å²) in [5, 5.41) is 0. The SMILES string of the molecule is C=CCOC(COc1ccccc1/C=C/C)CN(CC=C)C(C)C. The van der Waals surface area contributed by atoms with Crippen LogP contribution < -0.4 is 4.74 Å². The van der Waals surface area contributed by atoms with Crippen LogP contribution in [0.2, 0.25) is 0 Å². The normalized spacial score (nSPS) is 12.7. The van der Waals surface area contributed by atoms with Crippen LogP contribution in [0.3, 0.4) is 0 Å². The number of para-hydroxylation sites is 1. The largest absolute Gasteiger partial charge is 0.490 e. The van der Waals surface area contributed by atoms with Gasteiger partial charge in [0.2, 0.25) is 0 Å². The Morgan fingerprint density at radius 2 is 1.92 bits per heavy atom. The summed E-state index contributed by atoms with van der Waals surface area (Å²) in [5.74, 6) is 0.877. The monoisotopic (exact) mass is 329 g/mol. The van der Waals surface area contributed by atoms with Gasteiger partial charge in [0.25, 0.3) is 0 Å². The van der Waals surface area contributed by atoms with Gasteiger partial charge in [0.1, 0.15) is 18.5 Å². The second-order valence-electron chi connectivity index (χ2n) is 5.93. The maximum atomic E-state index is 6.04. The number of benzene rings is 1. The molecule has 3 nitrogen and oxygen atoms in total. The molecule has 1 aromatic rings. The predicted octanol–water partition coefficient (Wildman–Crippen LogP) is 4.57. The summed E-state index contributed by atoms with van der Waals surface area (Å²) >= 11 is 0. The molecule has 0 heterocycles. The number of nitrogens with zero attached hydrogens (tertiary/aromatic N) is 1. The lowest BCUT2D eigenvalue weighted by Crippen LogP contribution is -2.41. The molecule has 3 heteroatoms. The second-order valence-corrected chi connectivity index (χ2v) is 5.93. The van der Waals surface area contributed by atoms with Gasteiger partial charge < -0.3 is 9.47 Å². The first-order chi connectivity index (χ1) is 11.6. The van der Waals surface area contributed by atoms with Crippen LogP contribution in [-0.2, 0) is 4.74 Å². The summed E-state index contributed by atoms with van der Waals surface area (Å²) in [6.07, 6.45) is 7.73. The lowest BCUT2D eigenvalue weighted by Gasteiger charge is -2.29. The maximum absolute atomic E-state index is 6.04. The second kappa shape index (κ2) is 11.7. The summed E-state index contributed by atoms with van der Waals surface area (Å²) in [4.78, 5) is 2.32. The molecule has 0 aliphatic rings. The molecule has 1 rings (SSSR count). The topological polar surface area (TPSA) is 21.7 Å². The van der Waals surface area contributed by atoms with Crippen molar-refractivity contribution >= 4 is 6.08 Å². The maximum Gasteiger partial charge on any atom is 0.126 e. The van der Waals surface area contributed by atoms with E-state index >= 15 is 0 Å². The van der Waals surface area contributed by atoms with E-state index in [1.54, 1.807) is 6.08 Å². The highest BCUT2D eigenvalue weighted by atomic mass is 16.5. The Hall–Kier alpha value is -1.84. The standard InChI is InChI=1S/C21H31NO2/c1-6-11-19-12-9-10-13-21(19)24-17-20(23-15-8-3)16-22(14-7-2)18(4)5/h6-13,18,20H,2-3,14-17H2,1,4-5H3/b11-6+. The van der Waals surface area contributed by atoms with Crippen LogP contribution in [0.5, 0.6) is 5.75 Å². The molecule has 24 heavy (non-hydrogen) atoms. The van der Waals surface area contributed by atoms with Crippen molar-refractivity contribution in [3.05, 3.63) is 61.2 Å². The molecule has 0 saturated carbocycles. The fourth-order valence-corrected chi connectivity index (χ4v) is 2.39. The van der Waals surface area contributed by atoms with Crippen molar-refractivity contribution in [1.82, 2.24) is 4.90 Å². The number of rotatable bonds is 12. The molecular weight excluding hydrogens is 298 g/mol. The zero-order valence-electron chi connectivity index (χ0n) is 15.3. The lowest BCUT2D eigenvalue weighted by molar-refractivity contribution is 0.00795. The van der Waals surface area contributed by atoms with Crippen molar-refractivity contribution in [2.75, 3.05) is 26.3 Å². The predicted molar refractivity (Wildman–Crippen MR) is 103 cm³/mol. The van der Waals surface area contributed by atoms with E-state index in [0.29, 0.717) is 19.3 Å². The third-order valence-corrected chi connectivity index (χ3v) is 3.67. The Kier molecular flexibility index (Phi) is 9.81. The average molecular weight is 329 g/mol. The molecule has 0 N–H and O–H groups in total. The van der Waals surface area contributed by atoms with Gasteiger partial charge in [-0.15, -0.1) is 13.2 Å². The molecule has 0 spiro atoms. The summed E-state index contributed by atoms with van der Waals surface area (Å²) in [6, 6.07) is 8.46. The number of hydrogen-bond donors (Lipinski definition) is 0. The van der Waals surface area contributed by atoms with Gasteiger partial charge in [0.05, 0.1) is 6.61 Å². The van der Waals surface area contributed by atoms with Crippen LogP contribution in [0.1, 0.15) is 26.3 Å². The molecule has 0 radical (unpaired) electrons. The molecule has 0 aliphatic heterocycles. The quantitative estimate of drug-likeness (QED) is 0.525. The number of allylic oxidation sites excluding steroid dienone is 1. The molecule has 1 atom stereocenters. The van der Waals surface area contributed by atoms with Crippen LogP contribution in [0, 0.1) is 0 Å². The van der Waals surface area contributed by atoms with Crippen LogP contribution in [-0.4, -0.2) is 43.3 Å². The Morgan fingerprint density at radius 3 is 2.54 bits per heavy atom. The third kappa shape index (κ3) is 7.16. The van der Waals surface area contributed by atoms with Crippen molar-refractivity contribution in [2.45, 2.75) is 32.9 Å². The summed E-state index contributed by atoms with van der Waals surface area (Å²) in [5.41, 5.74) is 1.08. The van der Waals surface area contributed by atoms with Gasteiger partial charge in [0, 0.05) is 24.7 Å². The fraction of sp³-hybridized carbons (Fsp3) is 0.429. The molecule has 132 valence electrons. The smallest absolute Gasteiger partial charge is 0.126 e. The summed E-state index contributed by atoms with van der Waals surface area (Å²) in [6.45, 7) is 16.6. The van der Waals surface area contributed by atoms with Crippen LogP contribution in [0.4, 0.5) is 0 Å². The Morgan fingerprint density at radius 1 is 1.17 bits per heavy atom.